The van der Waals surface area contributed by atoms with Crippen molar-refractivity contribution >= 4 is 11.5 Å². The van der Waals surface area contributed by atoms with Gasteiger partial charge in [-0.3, -0.25) is 0 Å². The van der Waals surface area contributed by atoms with Crippen LogP contribution >= 0.6 is 0 Å². The minimum absolute atomic E-state index is 0.00879. The van der Waals surface area contributed by atoms with Crippen molar-refractivity contribution in [3.8, 4) is 35.6 Å². The lowest BCUT2D eigenvalue weighted by Crippen LogP contribution is -2.21. The number of ether oxygens (including phenoxy) is 1. The van der Waals surface area contributed by atoms with Crippen LogP contribution in [0.4, 0.5) is 11.5 Å². The Morgan fingerprint density at radius 2 is 1.92 bits per heavy atom. The van der Waals surface area contributed by atoms with E-state index in [0.717, 1.165) is 0 Å². The van der Waals surface area contributed by atoms with Gasteiger partial charge in [0, 0.05) is 17.0 Å². The summed E-state index contributed by atoms with van der Waals surface area (Å²) in [7, 11) is 0. The topological polar surface area (TPSA) is 166 Å². The third-order valence-electron chi connectivity index (χ3n) is 3.84. The Labute approximate surface area is 136 Å². The molecule has 0 saturated heterocycles. The normalized spacial score (nSPS) is 14.5. The molecule has 1 aliphatic rings. The van der Waals surface area contributed by atoms with E-state index in [-0.39, 0.29) is 34.3 Å². The summed E-state index contributed by atoms with van der Waals surface area (Å²) in [4.78, 5) is 4.04. The number of nitrogens with two attached hydrogens (primary N) is 2. The van der Waals surface area contributed by atoms with Gasteiger partial charge < -0.3 is 21.3 Å². The highest BCUT2D eigenvalue weighted by Gasteiger charge is 2.38. The molecule has 2 heterocycles. The monoisotopic (exact) mass is 318 g/mol. The lowest BCUT2D eigenvalue weighted by molar-refractivity contribution is 0.416. The molecule has 0 aliphatic carbocycles. The molecule has 1 unspecified atom stereocenters. The zero-order chi connectivity index (χ0) is 17.4. The number of benzene rings is 1. The van der Waals surface area contributed by atoms with Gasteiger partial charge in [-0.25, -0.2) is 0 Å². The van der Waals surface area contributed by atoms with Crippen molar-refractivity contribution in [1.82, 2.24) is 4.98 Å². The standard InChI is InChI=1S/C16H10N6O2/c17-4-7(5-18)12-9-3-8(23)1-2-11(9)24-16-13(12)14(20)10(6-19)15(21)22-16/h1-3,7,12,23H,(H4,20,21,22). The number of aromatic nitrogens is 1. The second-order valence-electron chi connectivity index (χ2n) is 5.15. The highest BCUT2D eigenvalue weighted by Crippen LogP contribution is 2.50. The van der Waals surface area contributed by atoms with Crippen molar-refractivity contribution in [2.75, 3.05) is 11.5 Å². The van der Waals surface area contributed by atoms with E-state index in [0.29, 0.717) is 11.3 Å². The number of hydrogen-bond acceptors (Lipinski definition) is 8. The molecule has 0 fully saturated rings. The molecule has 3 rings (SSSR count). The number of nitrogen functional groups attached to an aromatic ring is 2. The summed E-state index contributed by atoms with van der Waals surface area (Å²) in [6, 6.07) is 9.98. The maximum absolute atomic E-state index is 9.75. The number of rotatable bonds is 1. The van der Waals surface area contributed by atoms with Gasteiger partial charge in [-0.2, -0.15) is 20.8 Å². The van der Waals surface area contributed by atoms with Crippen LogP contribution in [0.3, 0.4) is 0 Å². The Morgan fingerprint density at radius 3 is 2.54 bits per heavy atom. The van der Waals surface area contributed by atoms with Gasteiger partial charge in [0.1, 0.15) is 34.9 Å². The van der Waals surface area contributed by atoms with Gasteiger partial charge in [0.15, 0.2) is 0 Å². The van der Waals surface area contributed by atoms with Crippen LogP contribution in [0.2, 0.25) is 0 Å². The fourth-order valence-corrected chi connectivity index (χ4v) is 2.76. The Hall–Kier alpha value is -3.96. The molecule has 1 aliphatic heterocycles. The van der Waals surface area contributed by atoms with Gasteiger partial charge in [-0.05, 0) is 18.2 Å². The van der Waals surface area contributed by atoms with Crippen molar-refractivity contribution in [3.05, 3.63) is 34.9 Å². The predicted molar refractivity (Wildman–Crippen MR) is 82.5 cm³/mol. The summed E-state index contributed by atoms with van der Waals surface area (Å²) in [5.41, 5.74) is 12.4. The molecule has 8 heteroatoms. The number of phenols is 1. The first kappa shape index (κ1) is 15.0. The highest BCUT2D eigenvalue weighted by molar-refractivity contribution is 5.74. The van der Waals surface area contributed by atoms with Gasteiger partial charge >= 0.3 is 0 Å². The molecule has 0 spiro atoms. The number of fused-ring (bicyclic) bond motifs is 2. The van der Waals surface area contributed by atoms with E-state index in [9.17, 15) is 20.9 Å². The molecule has 1 aromatic carbocycles. The van der Waals surface area contributed by atoms with Gasteiger partial charge in [0.05, 0.1) is 17.8 Å². The third kappa shape index (κ3) is 2.01. The lowest BCUT2D eigenvalue weighted by atomic mass is 9.79. The van der Waals surface area contributed by atoms with Gasteiger partial charge in [-0.15, -0.1) is 0 Å². The minimum Gasteiger partial charge on any atom is -0.508 e. The summed E-state index contributed by atoms with van der Waals surface area (Å²) in [6.07, 6.45) is 0. The molecule has 0 saturated carbocycles. The van der Waals surface area contributed by atoms with Crippen LogP contribution < -0.4 is 16.2 Å². The van der Waals surface area contributed by atoms with E-state index >= 15 is 0 Å². The number of aromatic hydroxyl groups is 1. The fourth-order valence-electron chi connectivity index (χ4n) is 2.76. The van der Waals surface area contributed by atoms with E-state index in [2.05, 4.69) is 4.98 Å². The second-order valence-corrected chi connectivity index (χ2v) is 5.15. The molecule has 0 bridgehead atoms. The SMILES string of the molecule is N#Cc1c(N)nc2c(c1N)C(C(C#N)C#N)c1cc(O)ccc1O2. The average molecular weight is 318 g/mol. The van der Waals surface area contributed by atoms with Gasteiger partial charge in [0.25, 0.3) is 0 Å². The Balaban J connectivity index is 2.37. The number of pyridine rings is 1. The van der Waals surface area contributed by atoms with Crippen LogP contribution in [-0.4, -0.2) is 10.1 Å². The van der Waals surface area contributed by atoms with Crippen LogP contribution in [0, 0.1) is 39.9 Å². The van der Waals surface area contributed by atoms with Crippen molar-refractivity contribution in [1.29, 1.82) is 15.8 Å². The Morgan fingerprint density at radius 1 is 1.21 bits per heavy atom. The third-order valence-corrected chi connectivity index (χ3v) is 3.84. The minimum atomic E-state index is -1.12. The zero-order valence-corrected chi connectivity index (χ0v) is 12.2. The van der Waals surface area contributed by atoms with E-state index in [1.54, 1.807) is 0 Å². The number of anilines is 2. The highest BCUT2D eigenvalue weighted by atomic mass is 16.5. The van der Waals surface area contributed by atoms with Crippen molar-refractivity contribution in [2.24, 2.45) is 5.92 Å². The van der Waals surface area contributed by atoms with Crippen LogP contribution in [0.25, 0.3) is 0 Å². The first-order chi connectivity index (χ1) is 11.5. The average Bonchev–Trinajstić information content (AvgIpc) is 2.56. The molecule has 116 valence electrons. The molecule has 1 atom stereocenters. The van der Waals surface area contributed by atoms with Crippen LogP contribution in [0.1, 0.15) is 22.6 Å². The number of nitrogens with zero attached hydrogens (tertiary/aromatic N) is 4. The molecular formula is C16H10N6O2. The van der Waals surface area contributed by atoms with Crippen molar-refractivity contribution in [2.45, 2.75) is 5.92 Å². The van der Waals surface area contributed by atoms with Crippen molar-refractivity contribution < 1.29 is 9.84 Å². The summed E-state index contributed by atoms with van der Waals surface area (Å²) in [5, 5.41) is 37.7. The van der Waals surface area contributed by atoms with E-state index in [1.807, 2.05) is 18.2 Å². The molecule has 1 aromatic heterocycles. The maximum atomic E-state index is 9.75. The van der Waals surface area contributed by atoms with E-state index in [1.165, 1.54) is 18.2 Å². The van der Waals surface area contributed by atoms with Crippen molar-refractivity contribution in [3.63, 3.8) is 0 Å². The molecule has 5 N–H and O–H groups in total. The first-order valence-corrected chi connectivity index (χ1v) is 6.80. The number of phenolic OH excluding ortho intramolecular Hbond substituents is 1. The van der Waals surface area contributed by atoms with Gasteiger partial charge in [-0.1, -0.05) is 0 Å². The van der Waals surface area contributed by atoms with Crippen LogP contribution in [0.5, 0.6) is 17.4 Å². The smallest absolute Gasteiger partial charge is 0.227 e. The molecule has 24 heavy (non-hydrogen) atoms. The van der Waals surface area contributed by atoms with E-state index in [4.69, 9.17) is 16.2 Å². The molecule has 0 radical (unpaired) electrons. The fraction of sp³-hybridized carbons (Fsp3) is 0.125. The first-order valence-electron chi connectivity index (χ1n) is 6.80. The lowest BCUT2D eigenvalue weighted by Gasteiger charge is -2.29. The Kier molecular flexibility index (Phi) is 3.33. The second kappa shape index (κ2) is 5.35. The predicted octanol–water partition coefficient (Wildman–Crippen LogP) is 1.72. The molecule has 8 nitrogen and oxygen atoms in total. The Bertz CT molecular complexity index is 966. The summed E-state index contributed by atoms with van der Waals surface area (Å²) in [6.45, 7) is 0. The molecule has 2 aromatic rings. The number of nitriles is 3. The molecule has 0 amide bonds. The summed E-state index contributed by atoms with van der Waals surface area (Å²) >= 11 is 0. The van der Waals surface area contributed by atoms with Crippen LogP contribution in [0.15, 0.2) is 18.2 Å². The number of hydrogen-bond donors (Lipinski definition) is 3. The van der Waals surface area contributed by atoms with Crippen LogP contribution in [-0.2, 0) is 0 Å². The molecular weight excluding hydrogens is 308 g/mol. The summed E-state index contributed by atoms with van der Waals surface area (Å²) < 4.78 is 5.65. The maximum Gasteiger partial charge on any atom is 0.227 e. The van der Waals surface area contributed by atoms with E-state index < -0.39 is 11.8 Å². The quantitative estimate of drug-likeness (QED) is 0.714. The largest absolute Gasteiger partial charge is 0.508 e. The zero-order valence-electron chi connectivity index (χ0n) is 12.2. The van der Waals surface area contributed by atoms with Gasteiger partial charge in [0.2, 0.25) is 5.88 Å². The summed E-state index contributed by atoms with van der Waals surface area (Å²) in [5.74, 6) is -1.72.